The fraction of sp³-hybridized carbons (Fsp3) is 1.00. The van der Waals surface area contributed by atoms with Gasteiger partial charge in [0.15, 0.2) is 0 Å². The van der Waals surface area contributed by atoms with Crippen molar-refractivity contribution in [3.63, 3.8) is 0 Å². The van der Waals surface area contributed by atoms with Gasteiger partial charge in [0.1, 0.15) is 0 Å². The lowest BCUT2D eigenvalue weighted by atomic mass is 10.0. The molecule has 1 atom stereocenters. The summed E-state index contributed by atoms with van der Waals surface area (Å²) in [6, 6.07) is 0.811. The van der Waals surface area contributed by atoms with E-state index in [9.17, 15) is 0 Å². The summed E-state index contributed by atoms with van der Waals surface area (Å²) in [5.74, 6) is 0.825. The molecule has 15 heavy (non-hydrogen) atoms. The average molecular weight is 212 g/mol. The molecule has 0 aromatic rings. The zero-order valence-corrected chi connectivity index (χ0v) is 10.8. The van der Waals surface area contributed by atoms with Gasteiger partial charge < -0.3 is 5.32 Å². The molecule has 1 aliphatic rings. The first-order valence-electron chi connectivity index (χ1n) is 6.65. The molecule has 0 radical (unpaired) electrons. The van der Waals surface area contributed by atoms with Crippen LogP contribution in [0.15, 0.2) is 0 Å². The van der Waals surface area contributed by atoms with E-state index in [-0.39, 0.29) is 0 Å². The number of nitrogens with zero attached hydrogens (tertiary/aromatic N) is 1. The van der Waals surface area contributed by atoms with Crippen LogP contribution < -0.4 is 5.32 Å². The van der Waals surface area contributed by atoms with Gasteiger partial charge in [0.05, 0.1) is 0 Å². The van der Waals surface area contributed by atoms with E-state index in [4.69, 9.17) is 0 Å². The molecule has 0 saturated carbocycles. The zero-order chi connectivity index (χ0) is 11.1. The third-order valence-corrected chi connectivity index (χ3v) is 3.41. The van der Waals surface area contributed by atoms with Crippen molar-refractivity contribution in [3.8, 4) is 0 Å². The van der Waals surface area contributed by atoms with E-state index in [1.807, 2.05) is 0 Å². The van der Waals surface area contributed by atoms with Crippen molar-refractivity contribution in [1.82, 2.24) is 10.2 Å². The Morgan fingerprint density at radius 2 is 2.07 bits per heavy atom. The Hall–Kier alpha value is -0.0800. The lowest BCUT2D eigenvalue weighted by Crippen LogP contribution is -2.41. The average Bonchev–Trinajstić information content (AvgIpc) is 2.20. The maximum absolute atomic E-state index is 3.54. The van der Waals surface area contributed by atoms with Crippen LogP contribution in [0.2, 0.25) is 0 Å². The topological polar surface area (TPSA) is 15.3 Å². The van der Waals surface area contributed by atoms with Gasteiger partial charge in [0.2, 0.25) is 0 Å². The summed E-state index contributed by atoms with van der Waals surface area (Å²) >= 11 is 0. The van der Waals surface area contributed by atoms with Crippen molar-refractivity contribution in [1.29, 1.82) is 0 Å². The van der Waals surface area contributed by atoms with Crippen LogP contribution in [-0.2, 0) is 0 Å². The molecule has 90 valence electrons. The second kappa shape index (κ2) is 7.24. The summed E-state index contributed by atoms with van der Waals surface area (Å²) in [5, 5.41) is 3.54. The Balaban J connectivity index is 1.99. The molecular weight excluding hydrogens is 184 g/mol. The Bertz CT molecular complexity index is 157. The minimum absolute atomic E-state index is 0.811. The number of nitrogens with one attached hydrogen (secondary N) is 1. The molecule has 2 heteroatoms. The molecule has 1 rings (SSSR count). The summed E-state index contributed by atoms with van der Waals surface area (Å²) in [4.78, 5) is 2.63. The first-order chi connectivity index (χ1) is 7.20. The van der Waals surface area contributed by atoms with Gasteiger partial charge in [0.25, 0.3) is 0 Å². The second-order valence-corrected chi connectivity index (χ2v) is 5.31. The Kier molecular flexibility index (Phi) is 6.26. The summed E-state index contributed by atoms with van der Waals surface area (Å²) in [6.07, 6.45) is 5.52. The maximum atomic E-state index is 3.54. The highest BCUT2D eigenvalue weighted by Gasteiger charge is 2.16. The molecule has 1 unspecified atom stereocenters. The van der Waals surface area contributed by atoms with Gasteiger partial charge in [-0.15, -0.1) is 0 Å². The first-order valence-corrected chi connectivity index (χ1v) is 6.65. The SMILES string of the molecule is CC(C)CCNCCN1CCCCC1C. The molecule has 1 aliphatic heterocycles. The number of likely N-dealkylation sites (tertiary alicyclic amines) is 1. The number of piperidine rings is 1. The van der Waals surface area contributed by atoms with Crippen molar-refractivity contribution in [2.45, 2.75) is 52.5 Å². The van der Waals surface area contributed by atoms with Crippen LogP contribution in [0.25, 0.3) is 0 Å². The van der Waals surface area contributed by atoms with Crippen LogP contribution in [0.5, 0.6) is 0 Å². The smallest absolute Gasteiger partial charge is 0.0110 e. The highest BCUT2D eigenvalue weighted by Crippen LogP contribution is 2.15. The van der Waals surface area contributed by atoms with Crippen molar-refractivity contribution >= 4 is 0 Å². The van der Waals surface area contributed by atoms with Gasteiger partial charge in [-0.25, -0.2) is 0 Å². The van der Waals surface area contributed by atoms with Gasteiger partial charge in [-0.05, 0) is 45.2 Å². The molecule has 2 nitrogen and oxygen atoms in total. The third kappa shape index (κ3) is 5.53. The van der Waals surface area contributed by atoms with E-state index in [1.165, 1.54) is 45.3 Å². The van der Waals surface area contributed by atoms with Crippen LogP contribution in [0.1, 0.15) is 46.5 Å². The van der Waals surface area contributed by atoms with Crippen molar-refractivity contribution < 1.29 is 0 Å². The van der Waals surface area contributed by atoms with Crippen LogP contribution >= 0.6 is 0 Å². The summed E-state index contributed by atoms with van der Waals surface area (Å²) in [7, 11) is 0. The molecule has 1 fully saturated rings. The quantitative estimate of drug-likeness (QED) is 0.681. The normalized spacial score (nSPS) is 23.6. The Labute approximate surface area is 95.4 Å². The zero-order valence-electron chi connectivity index (χ0n) is 10.8. The van der Waals surface area contributed by atoms with Crippen LogP contribution in [0, 0.1) is 5.92 Å². The molecule has 0 spiro atoms. The Morgan fingerprint density at radius 1 is 1.27 bits per heavy atom. The lowest BCUT2D eigenvalue weighted by molar-refractivity contribution is 0.161. The molecule has 0 bridgehead atoms. The van der Waals surface area contributed by atoms with Crippen LogP contribution in [-0.4, -0.2) is 37.1 Å². The maximum Gasteiger partial charge on any atom is 0.0110 e. The molecule has 0 aromatic carbocycles. The number of hydrogen-bond donors (Lipinski definition) is 1. The number of rotatable bonds is 6. The highest BCUT2D eigenvalue weighted by atomic mass is 15.2. The fourth-order valence-corrected chi connectivity index (χ4v) is 2.23. The molecule has 1 saturated heterocycles. The van der Waals surface area contributed by atoms with Gasteiger partial charge in [-0.3, -0.25) is 4.90 Å². The van der Waals surface area contributed by atoms with E-state index in [2.05, 4.69) is 31.0 Å². The predicted octanol–water partition coefficient (Wildman–Crippen LogP) is 2.50. The fourth-order valence-electron chi connectivity index (χ4n) is 2.23. The molecule has 1 N–H and O–H groups in total. The summed E-state index contributed by atoms with van der Waals surface area (Å²) in [5.41, 5.74) is 0. The Morgan fingerprint density at radius 3 is 2.73 bits per heavy atom. The summed E-state index contributed by atoms with van der Waals surface area (Å²) in [6.45, 7) is 11.8. The number of hydrogen-bond acceptors (Lipinski definition) is 2. The minimum atomic E-state index is 0.811. The second-order valence-electron chi connectivity index (χ2n) is 5.31. The van der Waals surface area contributed by atoms with E-state index >= 15 is 0 Å². The third-order valence-electron chi connectivity index (χ3n) is 3.41. The van der Waals surface area contributed by atoms with E-state index < -0.39 is 0 Å². The van der Waals surface area contributed by atoms with Crippen molar-refractivity contribution in [2.75, 3.05) is 26.2 Å². The molecule has 0 aliphatic carbocycles. The molecular formula is C13H28N2. The monoisotopic (exact) mass is 212 g/mol. The minimum Gasteiger partial charge on any atom is -0.315 e. The highest BCUT2D eigenvalue weighted by molar-refractivity contribution is 4.73. The first kappa shape index (κ1) is 13.0. The largest absolute Gasteiger partial charge is 0.315 e. The van der Waals surface area contributed by atoms with Gasteiger partial charge in [0, 0.05) is 19.1 Å². The van der Waals surface area contributed by atoms with Gasteiger partial charge in [-0.1, -0.05) is 20.3 Å². The van der Waals surface area contributed by atoms with E-state index in [0.29, 0.717) is 0 Å². The standard InChI is InChI=1S/C13H28N2/c1-12(2)7-8-14-9-11-15-10-5-4-6-13(15)3/h12-14H,4-11H2,1-3H3. The van der Waals surface area contributed by atoms with E-state index in [1.54, 1.807) is 0 Å². The van der Waals surface area contributed by atoms with Crippen LogP contribution in [0.4, 0.5) is 0 Å². The summed E-state index contributed by atoms with van der Waals surface area (Å²) < 4.78 is 0. The van der Waals surface area contributed by atoms with E-state index in [0.717, 1.165) is 18.5 Å². The van der Waals surface area contributed by atoms with Crippen molar-refractivity contribution in [2.24, 2.45) is 5.92 Å². The molecule has 0 amide bonds. The lowest BCUT2D eigenvalue weighted by Gasteiger charge is -2.33. The predicted molar refractivity (Wildman–Crippen MR) is 67.2 cm³/mol. The van der Waals surface area contributed by atoms with Gasteiger partial charge in [-0.2, -0.15) is 0 Å². The van der Waals surface area contributed by atoms with Crippen molar-refractivity contribution in [3.05, 3.63) is 0 Å². The molecule has 1 heterocycles. The van der Waals surface area contributed by atoms with Crippen LogP contribution in [0.3, 0.4) is 0 Å². The molecule has 0 aromatic heterocycles. The van der Waals surface area contributed by atoms with Gasteiger partial charge >= 0.3 is 0 Å².